The number of nitrogens with one attached hydrogen (secondary N) is 1. The van der Waals surface area contributed by atoms with Gasteiger partial charge < -0.3 is 10.6 Å². The van der Waals surface area contributed by atoms with Crippen molar-refractivity contribution in [3.05, 3.63) is 53.3 Å². The van der Waals surface area contributed by atoms with Crippen molar-refractivity contribution in [1.82, 2.24) is 15.1 Å². The second kappa shape index (κ2) is 6.64. The molecule has 0 unspecified atom stereocenters. The van der Waals surface area contributed by atoms with Crippen molar-refractivity contribution >= 4 is 11.8 Å². The van der Waals surface area contributed by atoms with Crippen LogP contribution in [0.15, 0.2) is 36.4 Å². The van der Waals surface area contributed by atoms with E-state index in [2.05, 4.69) is 10.2 Å². The van der Waals surface area contributed by atoms with Gasteiger partial charge in [0.25, 0.3) is 5.91 Å². The van der Waals surface area contributed by atoms with Crippen molar-refractivity contribution < 1.29 is 9.59 Å². The largest absolute Gasteiger partial charge is 0.364 e. The lowest BCUT2D eigenvalue weighted by Crippen LogP contribution is -2.38. The molecule has 3 rings (SSSR count). The highest BCUT2D eigenvalue weighted by atomic mass is 16.2. The highest BCUT2D eigenvalue weighted by Gasteiger charge is 2.25. The molecule has 0 saturated carbocycles. The van der Waals surface area contributed by atoms with Crippen LogP contribution in [0.2, 0.25) is 0 Å². The van der Waals surface area contributed by atoms with Gasteiger partial charge in [0.2, 0.25) is 5.91 Å². The number of hydrogen-bond donors (Lipinski definition) is 2. The molecular weight excluding hydrogens is 292 g/mol. The summed E-state index contributed by atoms with van der Waals surface area (Å²) in [5.41, 5.74) is 7.45. The molecule has 1 aromatic carbocycles. The summed E-state index contributed by atoms with van der Waals surface area (Å²) in [5.74, 6) is -0.0727. The van der Waals surface area contributed by atoms with Gasteiger partial charge in [-0.15, -0.1) is 0 Å². The number of carbonyl (C=O) groups is 2. The molecule has 1 aromatic heterocycles. The van der Waals surface area contributed by atoms with Crippen LogP contribution >= 0.6 is 0 Å². The summed E-state index contributed by atoms with van der Waals surface area (Å²) in [6, 6.07) is 11.5. The minimum Gasteiger partial charge on any atom is -0.364 e. The molecule has 0 aliphatic carbocycles. The highest BCUT2D eigenvalue weighted by Crippen LogP contribution is 2.27. The van der Waals surface area contributed by atoms with Gasteiger partial charge in [-0.1, -0.05) is 30.3 Å². The van der Waals surface area contributed by atoms with Gasteiger partial charge in [0.15, 0.2) is 0 Å². The maximum atomic E-state index is 12.3. The predicted octanol–water partition coefficient (Wildman–Crippen LogP) is 1.46. The molecule has 0 bridgehead atoms. The first-order valence-corrected chi connectivity index (χ1v) is 7.80. The van der Waals surface area contributed by atoms with Gasteiger partial charge in [-0.25, -0.2) is 0 Å². The Morgan fingerprint density at radius 2 is 1.91 bits per heavy atom. The van der Waals surface area contributed by atoms with Gasteiger partial charge in [0.1, 0.15) is 5.69 Å². The first-order valence-electron chi connectivity index (χ1n) is 7.80. The summed E-state index contributed by atoms with van der Waals surface area (Å²) < 4.78 is 0. The molecule has 1 fully saturated rings. The number of nitrogens with zero attached hydrogens (tertiary/aromatic N) is 2. The molecule has 2 heterocycles. The number of hydrogen-bond acceptors (Lipinski definition) is 3. The van der Waals surface area contributed by atoms with Gasteiger partial charge in [-0.2, -0.15) is 5.10 Å². The first kappa shape index (κ1) is 15.3. The van der Waals surface area contributed by atoms with E-state index < -0.39 is 5.91 Å². The first-order chi connectivity index (χ1) is 11.1. The SMILES string of the molecule is NC(=O)c1cc(C2CCN(C(=O)Cc3ccccc3)CC2)[nH]n1. The second-order valence-corrected chi connectivity index (χ2v) is 5.89. The molecule has 0 spiro atoms. The summed E-state index contributed by atoms with van der Waals surface area (Å²) in [6.45, 7) is 1.45. The van der Waals surface area contributed by atoms with E-state index in [9.17, 15) is 9.59 Å². The minimum atomic E-state index is -0.525. The summed E-state index contributed by atoms with van der Waals surface area (Å²) in [5, 5.41) is 6.81. The van der Waals surface area contributed by atoms with E-state index in [0.717, 1.165) is 37.2 Å². The normalized spacial score (nSPS) is 15.6. The molecule has 120 valence electrons. The Balaban J connectivity index is 1.55. The van der Waals surface area contributed by atoms with E-state index in [0.29, 0.717) is 6.42 Å². The summed E-state index contributed by atoms with van der Waals surface area (Å²) in [6.07, 6.45) is 2.17. The summed E-state index contributed by atoms with van der Waals surface area (Å²) in [4.78, 5) is 25.4. The number of primary amides is 1. The molecule has 2 aromatic rings. The number of nitrogens with two attached hydrogens (primary N) is 1. The number of aromatic nitrogens is 2. The lowest BCUT2D eigenvalue weighted by atomic mass is 9.93. The number of benzene rings is 1. The predicted molar refractivity (Wildman–Crippen MR) is 85.8 cm³/mol. The fraction of sp³-hybridized carbons (Fsp3) is 0.353. The average Bonchev–Trinajstić information content (AvgIpc) is 3.06. The molecule has 1 aliphatic heterocycles. The van der Waals surface area contributed by atoms with Crippen LogP contribution in [0.4, 0.5) is 0 Å². The maximum Gasteiger partial charge on any atom is 0.269 e. The van der Waals surface area contributed by atoms with Crippen molar-refractivity contribution in [2.24, 2.45) is 5.73 Å². The van der Waals surface area contributed by atoms with Crippen LogP contribution in [0, 0.1) is 0 Å². The lowest BCUT2D eigenvalue weighted by Gasteiger charge is -2.31. The van der Waals surface area contributed by atoms with Crippen LogP contribution in [0.25, 0.3) is 0 Å². The second-order valence-electron chi connectivity index (χ2n) is 5.89. The van der Waals surface area contributed by atoms with E-state index in [1.54, 1.807) is 6.07 Å². The third kappa shape index (κ3) is 3.59. The number of amides is 2. The molecule has 0 radical (unpaired) electrons. The van der Waals surface area contributed by atoms with E-state index in [-0.39, 0.29) is 17.5 Å². The fourth-order valence-corrected chi connectivity index (χ4v) is 2.99. The third-order valence-electron chi connectivity index (χ3n) is 4.34. The molecule has 6 heteroatoms. The smallest absolute Gasteiger partial charge is 0.269 e. The zero-order valence-corrected chi connectivity index (χ0v) is 12.9. The Hall–Kier alpha value is -2.63. The van der Waals surface area contributed by atoms with Crippen molar-refractivity contribution in [2.45, 2.75) is 25.2 Å². The van der Waals surface area contributed by atoms with Crippen LogP contribution in [0.3, 0.4) is 0 Å². The van der Waals surface area contributed by atoms with Crippen LogP contribution < -0.4 is 5.73 Å². The summed E-state index contributed by atoms with van der Waals surface area (Å²) in [7, 11) is 0. The molecule has 23 heavy (non-hydrogen) atoms. The van der Waals surface area contributed by atoms with Gasteiger partial charge in [0.05, 0.1) is 6.42 Å². The molecule has 2 amide bonds. The topological polar surface area (TPSA) is 92.1 Å². The van der Waals surface area contributed by atoms with Gasteiger partial charge in [0, 0.05) is 24.7 Å². The van der Waals surface area contributed by atoms with Gasteiger partial charge >= 0.3 is 0 Å². The quantitative estimate of drug-likeness (QED) is 0.895. The van der Waals surface area contributed by atoms with E-state index >= 15 is 0 Å². The van der Waals surface area contributed by atoms with E-state index in [1.165, 1.54) is 0 Å². The zero-order chi connectivity index (χ0) is 16.2. The van der Waals surface area contributed by atoms with E-state index in [1.807, 2.05) is 35.2 Å². The monoisotopic (exact) mass is 312 g/mol. The molecule has 0 atom stereocenters. The van der Waals surface area contributed by atoms with Gasteiger partial charge in [-0.05, 0) is 24.5 Å². The van der Waals surface area contributed by atoms with Crippen molar-refractivity contribution in [3.63, 3.8) is 0 Å². The van der Waals surface area contributed by atoms with Crippen LogP contribution in [-0.4, -0.2) is 40.0 Å². The average molecular weight is 312 g/mol. The number of likely N-dealkylation sites (tertiary alicyclic amines) is 1. The lowest BCUT2D eigenvalue weighted by molar-refractivity contribution is -0.131. The molecule has 1 aliphatic rings. The van der Waals surface area contributed by atoms with Crippen LogP contribution in [0.1, 0.15) is 40.5 Å². The number of rotatable bonds is 4. The molecule has 1 saturated heterocycles. The fourth-order valence-electron chi connectivity index (χ4n) is 2.99. The molecule has 6 nitrogen and oxygen atoms in total. The molecule has 3 N–H and O–H groups in total. The number of H-pyrrole nitrogens is 1. The van der Waals surface area contributed by atoms with Crippen LogP contribution in [-0.2, 0) is 11.2 Å². The van der Waals surface area contributed by atoms with Crippen molar-refractivity contribution in [1.29, 1.82) is 0 Å². The highest BCUT2D eigenvalue weighted by molar-refractivity contribution is 5.90. The molecular formula is C17H20N4O2. The Kier molecular flexibility index (Phi) is 4.41. The number of aromatic amines is 1. The standard InChI is InChI=1S/C17H20N4O2/c18-17(23)15-11-14(19-20-15)13-6-8-21(9-7-13)16(22)10-12-4-2-1-3-5-12/h1-5,11,13H,6-10H2,(H2,18,23)(H,19,20). The Morgan fingerprint density at radius 3 is 2.52 bits per heavy atom. The minimum absolute atomic E-state index is 0.164. The van der Waals surface area contributed by atoms with Crippen molar-refractivity contribution in [3.8, 4) is 0 Å². The maximum absolute atomic E-state index is 12.3. The summed E-state index contributed by atoms with van der Waals surface area (Å²) >= 11 is 0. The Morgan fingerprint density at radius 1 is 1.22 bits per heavy atom. The van der Waals surface area contributed by atoms with E-state index in [4.69, 9.17) is 5.73 Å². The van der Waals surface area contributed by atoms with Gasteiger partial charge in [-0.3, -0.25) is 14.7 Å². The van der Waals surface area contributed by atoms with Crippen molar-refractivity contribution in [2.75, 3.05) is 13.1 Å². The Bertz CT molecular complexity index is 688. The zero-order valence-electron chi connectivity index (χ0n) is 12.9. The third-order valence-corrected chi connectivity index (χ3v) is 4.34. The number of piperidine rings is 1. The van der Waals surface area contributed by atoms with Crippen LogP contribution in [0.5, 0.6) is 0 Å². The Labute approximate surface area is 134 Å². The number of carbonyl (C=O) groups excluding carboxylic acids is 2.